The first-order valence-electron chi connectivity index (χ1n) is 19.8. The van der Waals surface area contributed by atoms with Crippen molar-refractivity contribution in [3.63, 3.8) is 0 Å². The highest BCUT2D eigenvalue weighted by atomic mass is 35.5. The number of halogens is 1. The number of ether oxygens (including phenoxy) is 5. The van der Waals surface area contributed by atoms with Gasteiger partial charge < -0.3 is 44.5 Å². The van der Waals surface area contributed by atoms with Crippen molar-refractivity contribution in [3.8, 4) is 40.5 Å². The third-order valence-electron chi connectivity index (χ3n) is 8.17. The normalized spacial score (nSPS) is 11.6. The zero-order valence-electron chi connectivity index (χ0n) is 35.9. The van der Waals surface area contributed by atoms with Crippen LogP contribution in [-0.2, 0) is 34.3 Å². The number of anilines is 1. The van der Waals surface area contributed by atoms with Gasteiger partial charge in [0.25, 0.3) is 0 Å². The van der Waals surface area contributed by atoms with Crippen LogP contribution >= 0.6 is 23.4 Å². The van der Waals surface area contributed by atoms with Gasteiger partial charge in [0, 0.05) is 47.8 Å². The molecule has 63 heavy (non-hydrogen) atoms. The summed E-state index contributed by atoms with van der Waals surface area (Å²) in [6.07, 6.45) is -0.320. The molecule has 0 spiro atoms. The van der Waals surface area contributed by atoms with Crippen molar-refractivity contribution >= 4 is 53.3 Å². The van der Waals surface area contributed by atoms with Crippen molar-refractivity contribution < 1.29 is 47.3 Å². The number of aromatic nitrogens is 2. The number of carbonyl (C=O) groups is 4. The van der Waals surface area contributed by atoms with E-state index in [0.29, 0.717) is 32.9 Å². The number of rotatable bonds is 19. The van der Waals surface area contributed by atoms with Gasteiger partial charge in [-0.05, 0) is 96.3 Å². The maximum atomic E-state index is 12.8. The highest BCUT2D eigenvalue weighted by Gasteiger charge is 2.23. The molecule has 0 aliphatic heterocycles. The van der Waals surface area contributed by atoms with Gasteiger partial charge in [-0.15, -0.1) is 0 Å². The molecule has 0 bridgehead atoms. The van der Waals surface area contributed by atoms with Gasteiger partial charge in [0.15, 0.2) is 6.10 Å². The Kier molecular flexibility index (Phi) is 18.0. The largest absolute Gasteiger partial charge is 0.490 e. The summed E-state index contributed by atoms with van der Waals surface area (Å²) in [5.41, 5.74) is 7.15. The maximum Gasteiger partial charge on any atom is 0.407 e. The Balaban J connectivity index is 1.41. The number of oxazole rings is 1. The fraction of sp³-hybridized carbons (Fsp3) is 0.409. The minimum Gasteiger partial charge on any atom is -0.490 e. The van der Waals surface area contributed by atoms with Crippen molar-refractivity contribution in [2.45, 2.75) is 95.3 Å². The second-order valence-corrected chi connectivity index (χ2v) is 17.2. The van der Waals surface area contributed by atoms with Crippen LogP contribution in [0.2, 0.25) is 5.02 Å². The molecule has 4 aromatic rings. The minimum atomic E-state index is -1.03. The van der Waals surface area contributed by atoms with Gasteiger partial charge in [-0.1, -0.05) is 35.5 Å². The van der Waals surface area contributed by atoms with Crippen molar-refractivity contribution in [1.82, 2.24) is 20.6 Å². The van der Waals surface area contributed by atoms with Crippen LogP contribution in [0.5, 0.6) is 5.75 Å². The van der Waals surface area contributed by atoms with Crippen molar-refractivity contribution in [3.05, 3.63) is 76.6 Å². The van der Waals surface area contributed by atoms with Crippen LogP contribution in [0.25, 0.3) is 22.6 Å². The SMILES string of the molecule is CC(C)(C)OC(=O)NCCCC(=O)OCC(COc1ccc(-c2c(C#N)c(N)nc(SCc3coc(-c4ccc(Cl)cc4)n3)c2C#N)cc1)OC(=O)CCCNC(=O)OC(C)(C)C. The first-order chi connectivity index (χ1) is 29.8. The third-order valence-corrected chi connectivity index (χ3v) is 9.44. The number of esters is 2. The molecule has 2 amide bonds. The van der Waals surface area contributed by atoms with E-state index in [1.807, 2.05) is 0 Å². The number of hydrogen-bond acceptors (Lipinski definition) is 16. The van der Waals surface area contributed by atoms with E-state index in [2.05, 4.69) is 32.7 Å². The molecular formula is C44H50ClN7O10S. The van der Waals surface area contributed by atoms with Crippen molar-refractivity contribution in [2.75, 3.05) is 32.0 Å². The van der Waals surface area contributed by atoms with Crippen molar-refractivity contribution in [1.29, 1.82) is 10.5 Å². The van der Waals surface area contributed by atoms with Gasteiger partial charge in [0.05, 0.1) is 11.3 Å². The van der Waals surface area contributed by atoms with E-state index >= 15 is 0 Å². The Labute approximate surface area is 374 Å². The van der Waals surface area contributed by atoms with E-state index in [-0.39, 0.29) is 80.2 Å². The zero-order valence-corrected chi connectivity index (χ0v) is 37.4. The Morgan fingerprint density at radius 2 is 1.38 bits per heavy atom. The van der Waals surface area contributed by atoms with Gasteiger partial charge in [0.2, 0.25) is 5.89 Å². The smallest absolute Gasteiger partial charge is 0.407 e. The highest BCUT2D eigenvalue weighted by molar-refractivity contribution is 7.98. The molecule has 4 N–H and O–H groups in total. The summed E-state index contributed by atoms with van der Waals surface area (Å²) in [5.74, 6) is -0.258. The number of thioether (sulfide) groups is 1. The fourth-order valence-corrected chi connectivity index (χ4v) is 6.43. The van der Waals surface area contributed by atoms with E-state index in [1.165, 1.54) is 18.0 Å². The van der Waals surface area contributed by atoms with Crippen molar-refractivity contribution in [2.24, 2.45) is 0 Å². The quantitative estimate of drug-likeness (QED) is 0.0348. The molecule has 4 rings (SSSR count). The monoisotopic (exact) mass is 903 g/mol. The van der Waals surface area contributed by atoms with Gasteiger partial charge in [-0.3, -0.25) is 9.59 Å². The average molecular weight is 904 g/mol. The minimum absolute atomic E-state index is 0.0201. The molecule has 0 saturated carbocycles. The highest BCUT2D eigenvalue weighted by Crippen LogP contribution is 2.37. The molecule has 0 radical (unpaired) electrons. The second-order valence-electron chi connectivity index (χ2n) is 15.8. The third kappa shape index (κ3) is 16.7. The number of nitrogen functional groups attached to an aromatic ring is 1. The number of pyridine rings is 1. The van der Waals surface area contributed by atoms with E-state index in [4.69, 9.17) is 45.4 Å². The first kappa shape index (κ1) is 49.2. The van der Waals surface area contributed by atoms with E-state index in [0.717, 1.165) is 5.56 Å². The summed E-state index contributed by atoms with van der Waals surface area (Å²) in [6, 6.07) is 17.7. The van der Waals surface area contributed by atoms with Crippen LogP contribution in [0.3, 0.4) is 0 Å². The molecule has 0 fully saturated rings. The first-order valence-corrected chi connectivity index (χ1v) is 21.2. The molecule has 1 atom stereocenters. The number of alkyl carbamates (subject to hydrolysis) is 2. The number of nitriles is 2. The number of amides is 2. The Morgan fingerprint density at radius 1 is 0.810 bits per heavy atom. The maximum absolute atomic E-state index is 12.8. The van der Waals surface area contributed by atoms with E-state index in [9.17, 15) is 29.7 Å². The Morgan fingerprint density at radius 3 is 1.95 bits per heavy atom. The number of nitrogens with one attached hydrogen (secondary N) is 2. The number of benzene rings is 2. The lowest BCUT2D eigenvalue weighted by Crippen LogP contribution is -2.34. The molecule has 2 heterocycles. The fourth-order valence-electron chi connectivity index (χ4n) is 5.43. The Hall–Kier alpha value is -6.50. The summed E-state index contributed by atoms with van der Waals surface area (Å²) in [4.78, 5) is 58.2. The molecule has 334 valence electrons. The molecular weight excluding hydrogens is 854 g/mol. The van der Waals surface area contributed by atoms with E-state index in [1.54, 1.807) is 90.1 Å². The zero-order chi connectivity index (χ0) is 46.2. The molecule has 0 saturated heterocycles. The standard InChI is InChI=1S/C44H50ClN7O10S/c1-43(2,3)61-41(55)49-19-7-9-35(53)58-25-32(60-36(54)10-8-20-50-42(56)62-44(4,5)6)24-57-31-17-13-27(14-18-31)37-33(21-46)38(48)52-40(34(37)22-47)63-26-30-23-59-39(51-30)28-11-15-29(45)16-12-28/h11-18,23,32H,7-10,19-20,24-26H2,1-6H3,(H2,48,52)(H,49,55)(H,50,56). The number of hydrogen-bond donors (Lipinski definition) is 3. The summed E-state index contributed by atoms with van der Waals surface area (Å²) >= 11 is 7.21. The van der Waals surface area contributed by atoms with Gasteiger partial charge in [-0.25, -0.2) is 19.6 Å². The van der Waals surface area contributed by atoms with Gasteiger partial charge in [0.1, 0.15) is 65.0 Å². The second kappa shape index (κ2) is 23.1. The van der Waals surface area contributed by atoms with Crippen LogP contribution in [-0.4, -0.2) is 77.7 Å². The number of nitrogens with two attached hydrogens (primary N) is 1. The predicted octanol–water partition coefficient (Wildman–Crippen LogP) is 8.12. The summed E-state index contributed by atoms with van der Waals surface area (Å²) < 4.78 is 33.0. The lowest BCUT2D eigenvalue weighted by atomic mass is 9.97. The predicted molar refractivity (Wildman–Crippen MR) is 233 cm³/mol. The van der Waals surface area contributed by atoms with Crippen LogP contribution in [0.15, 0.2) is 64.2 Å². The summed E-state index contributed by atoms with van der Waals surface area (Å²) in [6.45, 7) is 10.2. The molecule has 0 aliphatic rings. The van der Waals surface area contributed by atoms with E-state index < -0.39 is 41.4 Å². The summed E-state index contributed by atoms with van der Waals surface area (Å²) in [5, 5.41) is 26.4. The lowest BCUT2D eigenvalue weighted by molar-refractivity contribution is -0.161. The van der Waals surface area contributed by atoms with Gasteiger partial charge in [-0.2, -0.15) is 10.5 Å². The average Bonchev–Trinajstić information content (AvgIpc) is 3.69. The van der Waals surface area contributed by atoms with Gasteiger partial charge >= 0.3 is 24.1 Å². The van der Waals surface area contributed by atoms with Crippen LogP contribution in [0.4, 0.5) is 15.4 Å². The van der Waals surface area contributed by atoms with Crippen LogP contribution in [0, 0.1) is 22.7 Å². The molecule has 2 aromatic carbocycles. The number of carbonyl (C=O) groups excluding carboxylic acids is 4. The summed E-state index contributed by atoms with van der Waals surface area (Å²) in [7, 11) is 0. The lowest BCUT2D eigenvalue weighted by Gasteiger charge is -2.20. The van der Waals surface area contributed by atoms with Crippen LogP contribution in [0.1, 0.15) is 84.0 Å². The molecule has 17 nitrogen and oxygen atoms in total. The molecule has 1 unspecified atom stereocenters. The topological polar surface area (TPSA) is 251 Å². The van der Waals surface area contributed by atoms with Crippen LogP contribution < -0.4 is 21.1 Å². The number of nitrogens with zero attached hydrogens (tertiary/aromatic N) is 4. The Bertz CT molecular complexity index is 2290. The molecule has 0 aliphatic carbocycles. The molecule has 2 aromatic heterocycles. The molecule has 19 heteroatoms.